The van der Waals surface area contributed by atoms with Gasteiger partial charge in [-0.1, -0.05) is 26.0 Å². The lowest BCUT2D eigenvalue weighted by Crippen LogP contribution is -2.26. The van der Waals surface area contributed by atoms with Crippen LogP contribution in [0.15, 0.2) is 42.7 Å². The van der Waals surface area contributed by atoms with Crippen LogP contribution in [0, 0.1) is 5.92 Å². The van der Waals surface area contributed by atoms with E-state index in [-0.39, 0.29) is 0 Å². The van der Waals surface area contributed by atoms with Gasteiger partial charge in [0.2, 0.25) is 0 Å². The second kappa shape index (κ2) is 6.53. The van der Waals surface area contributed by atoms with E-state index in [2.05, 4.69) is 55.5 Å². The van der Waals surface area contributed by atoms with Crippen LogP contribution >= 0.6 is 0 Å². The first-order valence-corrected chi connectivity index (χ1v) is 6.97. The molecule has 0 radical (unpaired) electrons. The molecular formula is C16H23N3. The lowest BCUT2D eigenvalue weighted by atomic mass is 10.1. The van der Waals surface area contributed by atoms with Gasteiger partial charge in [-0.2, -0.15) is 5.10 Å². The van der Waals surface area contributed by atoms with Crippen LogP contribution in [0.25, 0.3) is 5.69 Å². The molecule has 0 aliphatic heterocycles. The van der Waals surface area contributed by atoms with Crippen molar-refractivity contribution in [2.75, 3.05) is 0 Å². The second-order valence-corrected chi connectivity index (χ2v) is 5.53. The summed E-state index contributed by atoms with van der Waals surface area (Å²) in [5, 5.41) is 7.79. The van der Waals surface area contributed by atoms with Crippen LogP contribution in [0.4, 0.5) is 0 Å². The molecule has 1 aromatic carbocycles. The quantitative estimate of drug-likeness (QED) is 0.859. The van der Waals surface area contributed by atoms with Crippen LogP contribution in [0.1, 0.15) is 32.8 Å². The van der Waals surface area contributed by atoms with Gasteiger partial charge in [-0.3, -0.25) is 0 Å². The number of nitrogens with zero attached hydrogens (tertiary/aromatic N) is 2. The maximum atomic E-state index is 4.22. The second-order valence-electron chi connectivity index (χ2n) is 5.53. The summed E-state index contributed by atoms with van der Waals surface area (Å²) in [6, 6.07) is 11.0. The first-order chi connectivity index (χ1) is 9.15. The van der Waals surface area contributed by atoms with Crippen molar-refractivity contribution in [1.82, 2.24) is 15.1 Å². The van der Waals surface area contributed by atoms with Gasteiger partial charge in [0.15, 0.2) is 0 Å². The molecule has 1 N–H and O–H groups in total. The molecule has 2 rings (SSSR count). The predicted octanol–water partition coefficient (Wildman–Crippen LogP) is 3.40. The lowest BCUT2D eigenvalue weighted by Gasteiger charge is -2.16. The van der Waals surface area contributed by atoms with E-state index in [1.807, 2.05) is 16.9 Å². The van der Waals surface area contributed by atoms with Gasteiger partial charge in [0.05, 0.1) is 5.69 Å². The Labute approximate surface area is 115 Å². The molecule has 3 nitrogen and oxygen atoms in total. The Bertz CT molecular complexity index is 471. The number of hydrogen-bond acceptors (Lipinski definition) is 2. The molecule has 1 heterocycles. The van der Waals surface area contributed by atoms with Crippen molar-refractivity contribution in [3.63, 3.8) is 0 Å². The van der Waals surface area contributed by atoms with Crippen LogP contribution in [0.5, 0.6) is 0 Å². The largest absolute Gasteiger partial charge is 0.310 e. The molecule has 2 aromatic rings. The van der Waals surface area contributed by atoms with E-state index in [9.17, 15) is 0 Å². The molecular weight excluding hydrogens is 234 g/mol. The normalized spacial score (nSPS) is 12.8. The number of benzene rings is 1. The van der Waals surface area contributed by atoms with Gasteiger partial charge in [-0.05, 0) is 43.0 Å². The topological polar surface area (TPSA) is 29.9 Å². The molecule has 0 fully saturated rings. The van der Waals surface area contributed by atoms with Crippen molar-refractivity contribution in [1.29, 1.82) is 0 Å². The van der Waals surface area contributed by atoms with Crippen LogP contribution in [0.3, 0.4) is 0 Å². The molecule has 0 aliphatic carbocycles. The zero-order valence-corrected chi connectivity index (χ0v) is 12.0. The third-order valence-corrected chi connectivity index (χ3v) is 3.18. The number of nitrogens with one attached hydrogen (secondary N) is 1. The Balaban J connectivity index is 1.89. The summed E-state index contributed by atoms with van der Waals surface area (Å²) in [7, 11) is 0. The van der Waals surface area contributed by atoms with Crippen molar-refractivity contribution < 1.29 is 0 Å². The smallest absolute Gasteiger partial charge is 0.0645 e. The molecule has 1 atom stereocenters. The number of rotatable bonds is 6. The molecule has 0 spiro atoms. The van der Waals surface area contributed by atoms with Crippen LogP contribution in [0.2, 0.25) is 0 Å². The van der Waals surface area contributed by atoms with Crippen molar-refractivity contribution in [2.45, 2.75) is 39.8 Å². The predicted molar refractivity (Wildman–Crippen MR) is 79.3 cm³/mol. The third-order valence-electron chi connectivity index (χ3n) is 3.18. The van der Waals surface area contributed by atoms with Gasteiger partial charge in [-0.25, -0.2) is 4.68 Å². The van der Waals surface area contributed by atoms with Crippen molar-refractivity contribution in [3.05, 3.63) is 48.3 Å². The molecule has 0 saturated carbocycles. The zero-order chi connectivity index (χ0) is 13.7. The standard InChI is InChI=1S/C16H23N3/c1-13(2)11-14(3)17-12-15-5-7-16(8-6-15)19-10-4-9-18-19/h4-10,13-14,17H,11-12H2,1-3H3. The average Bonchev–Trinajstić information content (AvgIpc) is 2.90. The summed E-state index contributed by atoms with van der Waals surface area (Å²) in [5.41, 5.74) is 2.41. The molecule has 0 aliphatic rings. The van der Waals surface area contributed by atoms with Crippen molar-refractivity contribution in [3.8, 4) is 5.69 Å². The van der Waals surface area contributed by atoms with Crippen molar-refractivity contribution in [2.24, 2.45) is 5.92 Å². The monoisotopic (exact) mass is 257 g/mol. The van der Waals surface area contributed by atoms with Gasteiger partial charge in [0.1, 0.15) is 0 Å². The Morgan fingerprint density at radius 3 is 2.47 bits per heavy atom. The molecule has 1 aromatic heterocycles. The van der Waals surface area contributed by atoms with Crippen LogP contribution in [-0.2, 0) is 6.54 Å². The fraction of sp³-hybridized carbons (Fsp3) is 0.438. The average molecular weight is 257 g/mol. The highest BCUT2D eigenvalue weighted by Gasteiger charge is 2.04. The first-order valence-electron chi connectivity index (χ1n) is 6.97. The minimum absolute atomic E-state index is 0.561. The highest BCUT2D eigenvalue weighted by molar-refractivity contribution is 5.33. The lowest BCUT2D eigenvalue weighted by molar-refractivity contribution is 0.441. The molecule has 0 amide bonds. The maximum absolute atomic E-state index is 4.22. The number of hydrogen-bond donors (Lipinski definition) is 1. The highest BCUT2D eigenvalue weighted by atomic mass is 15.3. The Kier molecular flexibility index (Phi) is 4.74. The maximum Gasteiger partial charge on any atom is 0.0645 e. The fourth-order valence-electron chi connectivity index (χ4n) is 2.27. The molecule has 0 saturated heterocycles. The Morgan fingerprint density at radius 1 is 1.16 bits per heavy atom. The van der Waals surface area contributed by atoms with Gasteiger partial charge in [-0.15, -0.1) is 0 Å². The molecule has 102 valence electrons. The summed E-state index contributed by atoms with van der Waals surface area (Å²) in [5.74, 6) is 0.740. The minimum atomic E-state index is 0.561. The third kappa shape index (κ3) is 4.21. The number of aromatic nitrogens is 2. The fourth-order valence-corrected chi connectivity index (χ4v) is 2.27. The summed E-state index contributed by atoms with van der Waals surface area (Å²) in [6.45, 7) is 7.69. The van der Waals surface area contributed by atoms with Crippen LogP contribution < -0.4 is 5.32 Å². The summed E-state index contributed by atoms with van der Waals surface area (Å²) < 4.78 is 1.87. The minimum Gasteiger partial charge on any atom is -0.310 e. The van der Waals surface area contributed by atoms with E-state index in [1.54, 1.807) is 6.20 Å². The van der Waals surface area contributed by atoms with E-state index < -0.39 is 0 Å². The summed E-state index contributed by atoms with van der Waals surface area (Å²) >= 11 is 0. The van der Waals surface area contributed by atoms with E-state index >= 15 is 0 Å². The molecule has 1 unspecified atom stereocenters. The van der Waals surface area contributed by atoms with Gasteiger partial charge < -0.3 is 5.32 Å². The molecule has 0 bridgehead atoms. The Morgan fingerprint density at radius 2 is 1.89 bits per heavy atom. The summed E-state index contributed by atoms with van der Waals surface area (Å²) in [4.78, 5) is 0. The molecule has 3 heteroatoms. The van der Waals surface area contributed by atoms with E-state index in [4.69, 9.17) is 0 Å². The van der Waals surface area contributed by atoms with Crippen molar-refractivity contribution >= 4 is 0 Å². The highest BCUT2D eigenvalue weighted by Crippen LogP contribution is 2.09. The van der Waals surface area contributed by atoms with Gasteiger partial charge in [0, 0.05) is 25.0 Å². The van der Waals surface area contributed by atoms with Crippen LogP contribution in [-0.4, -0.2) is 15.8 Å². The first kappa shape index (κ1) is 13.8. The zero-order valence-electron chi connectivity index (χ0n) is 12.0. The van der Waals surface area contributed by atoms with Gasteiger partial charge >= 0.3 is 0 Å². The van der Waals surface area contributed by atoms with E-state index in [0.717, 1.165) is 18.2 Å². The SMILES string of the molecule is CC(C)CC(C)NCc1ccc(-n2cccn2)cc1. The van der Waals surface area contributed by atoms with E-state index in [1.165, 1.54) is 12.0 Å². The Hall–Kier alpha value is -1.61. The van der Waals surface area contributed by atoms with E-state index in [0.29, 0.717) is 6.04 Å². The molecule has 19 heavy (non-hydrogen) atoms. The summed E-state index contributed by atoms with van der Waals surface area (Å²) in [6.07, 6.45) is 4.96. The van der Waals surface area contributed by atoms with Gasteiger partial charge in [0.25, 0.3) is 0 Å².